The molecule has 0 aromatic heterocycles. The van der Waals surface area contributed by atoms with E-state index in [1.807, 2.05) is 43.4 Å². The molecule has 0 saturated heterocycles. The van der Waals surface area contributed by atoms with Crippen molar-refractivity contribution >= 4 is 28.6 Å². The van der Waals surface area contributed by atoms with Crippen LogP contribution in [0.1, 0.15) is 16.8 Å². The molecular weight excluding hydrogens is 364 g/mol. The number of aliphatic carboxylic acids is 2. The molecule has 0 N–H and O–H groups in total. The van der Waals surface area contributed by atoms with E-state index in [2.05, 4.69) is 19.0 Å². The van der Waals surface area contributed by atoms with Crippen LogP contribution in [0.15, 0.2) is 36.4 Å². The Labute approximate surface area is 162 Å². The van der Waals surface area contributed by atoms with Crippen molar-refractivity contribution in [1.82, 2.24) is 9.80 Å². The predicted molar refractivity (Wildman–Crippen MR) is 98.5 cm³/mol. The molecule has 8 heteroatoms. The van der Waals surface area contributed by atoms with Crippen molar-refractivity contribution in [2.45, 2.75) is 12.5 Å². The fourth-order valence-electron chi connectivity index (χ4n) is 2.89. The van der Waals surface area contributed by atoms with Gasteiger partial charge in [0.1, 0.15) is 11.9 Å². The number of hydrogen-bond donors (Lipinski definition) is 0. The zero-order valence-corrected chi connectivity index (χ0v) is 16.0. The van der Waals surface area contributed by atoms with Crippen molar-refractivity contribution in [2.75, 3.05) is 34.2 Å². The fraction of sp³-hybridized carbons (Fsp3) is 0.350. The normalized spacial score (nSPS) is 15.9. The number of amides is 1. The Morgan fingerprint density at radius 2 is 1.79 bits per heavy atom. The minimum absolute atomic E-state index is 0.0170. The van der Waals surface area contributed by atoms with Crippen LogP contribution in [0.25, 0.3) is 10.8 Å². The number of nitrogens with zero attached hydrogens (tertiary/aromatic N) is 2. The van der Waals surface area contributed by atoms with Crippen LogP contribution >= 0.6 is 0 Å². The lowest BCUT2D eigenvalue weighted by Gasteiger charge is -2.22. The first kappa shape index (κ1) is 21.2. The molecule has 1 heterocycles. The smallest absolute Gasteiger partial charge is 0.257 e. The fourth-order valence-corrected chi connectivity index (χ4v) is 2.89. The number of rotatable bonds is 3. The van der Waals surface area contributed by atoms with E-state index in [1.165, 1.54) is 0 Å². The third kappa shape index (κ3) is 5.20. The standard InChI is InChI=1S/C18H22N2O2.C2H2O4/c1-19(2)11-10-14-12-20(3)18(21)16-9-8-13-6-4-5-7-15(13)17(16)22-14;3-1(4)2(5)6/h4-9,14H,10-12H2,1-3H3;(H,3,4)(H,5,6)/p-2. The summed E-state index contributed by atoms with van der Waals surface area (Å²) in [5.74, 6) is -3.60. The number of carbonyl (C=O) groups is 3. The predicted octanol–water partition coefficient (Wildman–Crippen LogP) is -0.889. The molecule has 0 radical (unpaired) electrons. The van der Waals surface area contributed by atoms with Gasteiger partial charge in [0.2, 0.25) is 0 Å². The quantitative estimate of drug-likeness (QED) is 0.629. The molecule has 0 spiro atoms. The van der Waals surface area contributed by atoms with E-state index < -0.39 is 11.9 Å². The maximum absolute atomic E-state index is 12.6. The Hall–Kier alpha value is -3.13. The number of carboxylic acids is 2. The summed E-state index contributed by atoms with van der Waals surface area (Å²) in [4.78, 5) is 34.4. The van der Waals surface area contributed by atoms with Crippen LogP contribution < -0.4 is 14.9 Å². The number of carboxylic acid groups (broad SMARTS) is 2. The number of carbonyl (C=O) groups excluding carboxylic acids is 3. The molecule has 0 fully saturated rings. The van der Waals surface area contributed by atoms with Gasteiger partial charge in [0, 0.05) is 19.0 Å². The van der Waals surface area contributed by atoms with Gasteiger partial charge in [-0.15, -0.1) is 0 Å². The summed E-state index contributed by atoms with van der Waals surface area (Å²) in [5.41, 5.74) is 0.661. The molecule has 0 saturated carbocycles. The minimum atomic E-state index is -2.19. The Morgan fingerprint density at radius 1 is 1.14 bits per heavy atom. The minimum Gasteiger partial charge on any atom is -0.543 e. The summed E-state index contributed by atoms with van der Waals surface area (Å²) in [6, 6.07) is 11.9. The molecule has 8 nitrogen and oxygen atoms in total. The Kier molecular flexibility index (Phi) is 6.94. The van der Waals surface area contributed by atoms with E-state index in [-0.39, 0.29) is 12.0 Å². The van der Waals surface area contributed by atoms with Gasteiger partial charge in [-0.25, -0.2) is 0 Å². The first-order chi connectivity index (χ1) is 13.2. The first-order valence-electron chi connectivity index (χ1n) is 8.71. The molecule has 0 bridgehead atoms. The van der Waals surface area contributed by atoms with Gasteiger partial charge in [-0.05, 0) is 32.0 Å². The summed E-state index contributed by atoms with van der Waals surface area (Å²) in [7, 11) is 5.95. The van der Waals surface area contributed by atoms with E-state index >= 15 is 0 Å². The van der Waals surface area contributed by atoms with Crippen LogP contribution in [-0.2, 0) is 9.59 Å². The second-order valence-corrected chi connectivity index (χ2v) is 6.76. The third-order valence-electron chi connectivity index (χ3n) is 4.28. The second-order valence-electron chi connectivity index (χ2n) is 6.76. The topological polar surface area (TPSA) is 113 Å². The van der Waals surface area contributed by atoms with E-state index in [9.17, 15) is 4.79 Å². The van der Waals surface area contributed by atoms with Crippen molar-refractivity contribution in [3.05, 3.63) is 42.0 Å². The highest BCUT2D eigenvalue weighted by Crippen LogP contribution is 2.33. The van der Waals surface area contributed by atoms with Gasteiger partial charge in [-0.1, -0.05) is 30.3 Å². The number of benzene rings is 2. The number of fused-ring (bicyclic) bond motifs is 3. The lowest BCUT2D eigenvalue weighted by atomic mass is 10.0. The summed E-state index contributed by atoms with van der Waals surface area (Å²) in [6.07, 6.45) is 0.913. The number of hydrogen-bond acceptors (Lipinski definition) is 7. The van der Waals surface area contributed by atoms with Crippen LogP contribution in [0.4, 0.5) is 0 Å². The van der Waals surface area contributed by atoms with Gasteiger partial charge >= 0.3 is 0 Å². The lowest BCUT2D eigenvalue weighted by Crippen LogP contribution is -2.42. The first-order valence-corrected chi connectivity index (χ1v) is 8.71. The van der Waals surface area contributed by atoms with Gasteiger partial charge in [0.15, 0.2) is 0 Å². The molecule has 1 aliphatic heterocycles. The van der Waals surface area contributed by atoms with Gasteiger partial charge in [0.25, 0.3) is 5.91 Å². The van der Waals surface area contributed by atoms with Crippen molar-refractivity contribution in [3.63, 3.8) is 0 Å². The van der Waals surface area contributed by atoms with Crippen LogP contribution in [0, 0.1) is 0 Å². The average molecular weight is 386 g/mol. The molecular formula is C20H22N2O6-2. The largest absolute Gasteiger partial charge is 0.543 e. The highest BCUT2D eigenvalue weighted by atomic mass is 16.5. The summed E-state index contributed by atoms with van der Waals surface area (Å²) >= 11 is 0. The molecule has 28 heavy (non-hydrogen) atoms. The molecule has 150 valence electrons. The van der Waals surface area contributed by atoms with Crippen molar-refractivity contribution < 1.29 is 29.3 Å². The summed E-state index contributed by atoms with van der Waals surface area (Å²) in [5, 5.41) is 20.0. The summed E-state index contributed by atoms with van der Waals surface area (Å²) in [6.45, 7) is 1.56. The Bertz CT molecular complexity index is 868. The number of likely N-dealkylation sites (N-methyl/N-ethyl adjacent to an activating group) is 1. The maximum atomic E-state index is 12.6. The lowest BCUT2D eigenvalue weighted by molar-refractivity contribution is -0.345. The van der Waals surface area contributed by atoms with Gasteiger partial charge in [-0.2, -0.15) is 0 Å². The van der Waals surface area contributed by atoms with Crippen molar-refractivity contribution in [1.29, 1.82) is 0 Å². The molecule has 1 aliphatic rings. The molecule has 1 atom stereocenters. The highest BCUT2D eigenvalue weighted by molar-refractivity contribution is 6.25. The van der Waals surface area contributed by atoms with Crippen LogP contribution in [0.3, 0.4) is 0 Å². The SMILES string of the molecule is CN(C)CCC1CN(C)C(=O)c2ccc3ccccc3c2O1.O=C([O-])C(=O)[O-]. The van der Waals surface area contributed by atoms with E-state index in [4.69, 9.17) is 24.5 Å². The zero-order valence-electron chi connectivity index (χ0n) is 16.0. The maximum Gasteiger partial charge on any atom is 0.257 e. The van der Waals surface area contributed by atoms with E-state index in [0.717, 1.165) is 29.5 Å². The van der Waals surface area contributed by atoms with Crippen molar-refractivity contribution in [2.24, 2.45) is 0 Å². The molecule has 1 amide bonds. The van der Waals surface area contributed by atoms with Crippen LogP contribution in [0.2, 0.25) is 0 Å². The molecule has 2 aromatic carbocycles. The highest BCUT2D eigenvalue weighted by Gasteiger charge is 2.27. The van der Waals surface area contributed by atoms with Gasteiger partial charge < -0.3 is 34.3 Å². The van der Waals surface area contributed by atoms with Gasteiger partial charge in [0.05, 0.1) is 24.0 Å². The monoisotopic (exact) mass is 386 g/mol. The Balaban J connectivity index is 0.000000409. The zero-order chi connectivity index (χ0) is 20.8. The van der Waals surface area contributed by atoms with Crippen molar-refractivity contribution in [3.8, 4) is 5.75 Å². The Morgan fingerprint density at radius 3 is 2.39 bits per heavy atom. The molecule has 3 rings (SSSR count). The van der Waals surface area contributed by atoms with E-state index in [0.29, 0.717) is 12.1 Å². The average Bonchev–Trinajstić information content (AvgIpc) is 2.77. The summed E-state index contributed by atoms with van der Waals surface area (Å²) < 4.78 is 6.27. The van der Waals surface area contributed by atoms with E-state index in [1.54, 1.807) is 4.90 Å². The third-order valence-corrected chi connectivity index (χ3v) is 4.28. The second kappa shape index (κ2) is 9.18. The number of ether oxygens (including phenoxy) is 1. The van der Waals surface area contributed by atoms with Crippen LogP contribution in [-0.4, -0.2) is 68.0 Å². The molecule has 0 aliphatic carbocycles. The molecule has 2 aromatic rings. The molecule has 1 unspecified atom stereocenters. The van der Waals surface area contributed by atoms with Gasteiger partial charge in [-0.3, -0.25) is 4.79 Å². The van der Waals surface area contributed by atoms with Crippen LogP contribution in [0.5, 0.6) is 5.75 Å².